The van der Waals surface area contributed by atoms with Gasteiger partial charge in [-0.05, 0) is 61.7 Å². The Balaban J connectivity index is 1.89. The highest BCUT2D eigenvalue weighted by molar-refractivity contribution is 14.1. The van der Waals surface area contributed by atoms with E-state index in [1.54, 1.807) is 5.57 Å². The average molecular weight is 485 g/mol. The normalized spacial score (nSPS) is 42.6. The van der Waals surface area contributed by atoms with Gasteiger partial charge in [0, 0.05) is 3.42 Å². The van der Waals surface area contributed by atoms with Crippen LogP contribution in [0.2, 0.25) is 0 Å². The summed E-state index contributed by atoms with van der Waals surface area (Å²) in [5.41, 5.74) is 1.40. The smallest absolute Gasteiger partial charge is 0.226 e. The average Bonchev–Trinajstić information content (AvgIpc) is 2.57. The number of aldehydes is 1. The summed E-state index contributed by atoms with van der Waals surface area (Å²) in [5.74, 6) is 1.28. The van der Waals surface area contributed by atoms with Crippen LogP contribution >= 0.6 is 22.6 Å². The molecule has 3 aliphatic carbocycles. The fourth-order valence-electron chi connectivity index (χ4n) is 6.32. The van der Waals surface area contributed by atoms with Crippen LogP contribution in [-0.4, -0.2) is 21.7 Å². The Morgan fingerprint density at radius 3 is 2.59 bits per heavy atom. The second-order valence-electron chi connectivity index (χ2n) is 10.4. The number of carbonyl (C=O) groups is 2. The van der Waals surface area contributed by atoms with Crippen LogP contribution in [-0.2, 0) is 9.59 Å². The highest BCUT2D eigenvalue weighted by Gasteiger charge is 2.57. The van der Waals surface area contributed by atoms with E-state index in [2.05, 4.69) is 54.8 Å². The summed E-state index contributed by atoms with van der Waals surface area (Å²) >= 11 is 2.63. The van der Waals surface area contributed by atoms with Crippen LogP contribution in [0.5, 0.6) is 0 Å². The third-order valence-corrected chi connectivity index (χ3v) is 8.82. The fraction of sp³-hybridized carbons (Fsp3) is 0.826. The van der Waals surface area contributed by atoms with Crippen LogP contribution in [0.1, 0.15) is 79.6 Å². The van der Waals surface area contributed by atoms with E-state index in [-0.39, 0.29) is 28.7 Å². The van der Waals surface area contributed by atoms with E-state index in [0.29, 0.717) is 15.3 Å². The van der Waals surface area contributed by atoms with Gasteiger partial charge in [-0.15, -0.1) is 0 Å². The van der Waals surface area contributed by atoms with Gasteiger partial charge in [-0.2, -0.15) is 0 Å². The number of halogens is 1. The second kappa shape index (κ2) is 7.46. The Labute approximate surface area is 178 Å². The monoisotopic (exact) mass is 485 g/mol. The summed E-state index contributed by atoms with van der Waals surface area (Å²) in [5, 5.41) is 3.08. The zero-order valence-electron chi connectivity index (χ0n) is 17.6. The molecule has 0 bridgehead atoms. The highest BCUT2D eigenvalue weighted by Crippen LogP contribution is 2.63. The van der Waals surface area contributed by atoms with Crippen molar-refractivity contribution >= 4 is 34.8 Å². The van der Waals surface area contributed by atoms with Crippen molar-refractivity contribution in [2.75, 3.05) is 0 Å². The van der Waals surface area contributed by atoms with Gasteiger partial charge in [-0.3, -0.25) is 4.79 Å². The quantitative estimate of drug-likeness (QED) is 0.249. The van der Waals surface area contributed by atoms with Crippen molar-refractivity contribution in [3.8, 4) is 0 Å². The molecule has 0 aromatic rings. The predicted molar refractivity (Wildman–Crippen MR) is 119 cm³/mol. The van der Waals surface area contributed by atoms with Gasteiger partial charge in [0.1, 0.15) is 6.29 Å². The van der Waals surface area contributed by atoms with Crippen molar-refractivity contribution in [3.05, 3.63) is 11.6 Å². The van der Waals surface area contributed by atoms with Crippen molar-refractivity contribution in [2.45, 2.75) is 89.0 Å². The van der Waals surface area contributed by atoms with Crippen molar-refractivity contribution in [2.24, 2.45) is 28.6 Å². The van der Waals surface area contributed by atoms with Crippen molar-refractivity contribution in [1.29, 1.82) is 0 Å². The number of rotatable bonds is 4. The number of allylic oxidation sites excluding steroid dienone is 2. The van der Waals surface area contributed by atoms with Crippen LogP contribution in [0.25, 0.3) is 0 Å². The maximum Gasteiger partial charge on any atom is 0.226 e. The largest absolute Gasteiger partial charge is 0.346 e. The summed E-state index contributed by atoms with van der Waals surface area (Å²) in [4.78, 5) is 24.8. The van der Waals surface area contributed by atoms with E-state index in [9.17, 15) is 9.59 Å². The lowest BCUT2D eigenvalue weighted by Crippen LogP contribution is -2.57. The van der Waals surface area contributed by atoms with Crippen LogP contribution in [0.15, 0.2) is 11.6 Å². The molecule has 0 saturated heterocycles. The summed E-state index contributed by atoms with van der Waals surface area (Å²) < 4.78 is 0.374. The molecule has 0 heterocycles. The van der Waals surface area contributed by atoms with Gasteiger partial charge < -0.3 is 10.1 Å². The fourth-order valence-corrected chi connectivity index (χ4v) is 7.08. The minimum absolute atomic E-state index is 0.0952. The zero-order valence-corrected chi connectivity index (χ0v) is 19.8. The number of hydrogen-bond acceptors (Lipinski definition) is 2. The third kappa shape index (κ3) is 3.76. The first-order chi connectivity index (χ1) is 12.5. The minimum Gasteiger partial charge on any atom is -0.346 e. The first-order valence-electron chi connectivity index (χ1n) is 10.7. The SMILES string of the molecule is CC(C)[C@@H](C=O)NC(=O)[C@]1(C)CCC[C@@]2(C)C3=CC[C@](C)(I)CC3CCC12. The summed E-state index contributed by atoms with van der Waals surface area (Å²) in [6.07, 6.45) is 11.4. The van der Waals surface area contributed by atoms with Crippen LogP contribution < -0.4 is 5.32 Å². The molecule has 0 spiro atoms. The number of carbonyl (C=O) groups excluding carboxylic acids is 2. The molecule has 0 aliphatic heterocycles. The molecule has 0 aromatic carbocycles. The molecule has 2 unspecified atom stereocenters. The molecule has 1 N–H and O–H groups in total. The van der Waals surface area contributed by atoms with E-state index in [1.807, 2.05) is 13.8 Å². The molecular formula is C23H36INO2. The number of nitrogens with one attached hydrogen (secondary N) is 1. The van der Waals surface area contributed by atoms with Crippen LogP contribution in [0.4, 0.5) is 0 Å². The summed E-state index contributed by atoms with van der Waals surface area (Å²) in [7, 11) is 0. The van der Waals surface area contributed by atoms with Gasteiger partial charge in [-0.25, -0.2) is 0 Å². The van der Waals surface area contributed by atoms with Gasteiger partial charge in [0.2, 0.25) is 5.91 Å². The van der Waals surface area contributed by atoms with E-state index in [1.165, 1.54) is 19.3 Å². The molecule has 3 rings (SSSR count). The molecule has 4 heteroatoms. The topological polar surface area (TPSA) is 46.2 Å². The zero-order chi connectivity index (χ0) is 20.0. The predicted octanol–water partition coefficient (Wildman–Crippen LogP) is 5.46. The Kier molecular flexibility index (Phi) is 5.89. The maximum atomic E-state index is 13.4. The van der Waals surface area contributed by atoms with Gasteiger partial charge in [-0.1, -0.05) is 75.3 Å². The molecule has 2 fully saturated rings. The lowest BCUT2D eigenvalue weighted by atomic mass is 9.46. The Hall–Kier alpha value is -0.390. The molecule has 6 atom stereocenters. The molecular weight excluding hydrogens is 449 g/mol. The van der Waals surface area contributed by atoms with Crippen molar-refractivity contribution in [3.63, 3.8) is 0 Å². The molecule has 2 saturated carbocycles. The standard InChI is InChI=1S/C23H36INO2/c1-15(2)18(14-26)25-20(27)23(5)11-6-10-22(4)17-9-12-21(3,24)13-16(17)7-8-19(22)23/h9,14-16,18-19H,6-8,10-13H2,1-5H3,(H,25,27)/t16?,18-,19?,21+,22+,23-/m1/s1. The first-order valence-corrected chi connectivity index (χ1v) is 11.8. The minimum atomic E-state index is -0.382. The molecule has 1 amide bonds. The first kappa shape index (κ1) is 21.3. The number of amides is 1. The number of alkyl halides is 1. The van der Waals surface area contributed by atoms with Gasteiger partial charge in [0.25, 0.3) is 0 Å². The van der Waals surface area contributed by atoms with Gasteiger partial charge >= 0.3 is 0 Å². The van der Waals surface area contributed by atoms with Crippen LogP contribution in [0.3, 0.4) is 0 Å². The Morgan fingerprint density at radius 1 is 1.26 bits per heavy atom. The number of fused-ring (bicyclic) bond motifs is 3. The van der Waals surface area contributed by atoms with E-state index < -0.39 is 0 Å². The molecule has 3 aliphatic rings. The molecule has 27 heavy (non-hydrogen) atoms. The maximum absolute atomic E-state index is 13.4. The molecule has 0 aromatic heterocycles. The van der Waals surface area contributed by atoms with E-state index in [0.717, 1.165) is 32.0 Å². The highest BCUT2D eigenvalue weighted by atomic mass is 127. The van der Waals surface area contributed by atoms with Crippen molar-refractivity contribution < 1.29 is 9.59 Å². The van der Waals surface area contributed by atoms with Gasteiger partial charge in [0.05, 0.1) is 11.5 Å². The molecule has 152 valence electrons. The Bertz CT molecular complexity index is 640. The summed E-state index contributed by atoms with van der Waals surface area (Å²) in [6.45, 7) is 10.9. The lowest BCUT2D eigenvalue weighted by molar-refractivity contribution is -0.144. The summed E-state index contributed by atoms with van der Waals surface area (Å²) in [6, 6.07) is -0.382. The second-order valence-corrected chi connectivity index (χ2v) is 13.0. The van der Waals surface area contributed by atoms with E-state index in [4.69, 9.17) is 0 Å². The van der Waals surface area contributed by atoms with Gasteiger partial charge in [0.15, 0.2) is 0 Å². The lowest BCUT2D eigenvalue weighted by Gasteiger charge is -2.58. The third-order valence-electron chi connectivity index (χ3n) is 7.93. The van der Waals surface area contributed by atoms with E-state index >= 15 is 0 Å². The van der Waals surface area contributed by atoms with Crippen LogP contribution in [0, 0.1) is 28.6 Å². The Morgan fingerprint density at radius 2 is 1.96 bits per heavy atom. The molecule has 3 nitrogen and oxygen atoms in total. The number of hydrogen-bond donors (Lipinski definition) is 1. The molecule has 0 radical (unpaired) electrons. The van der Waals surface area contributed by atoms with Crippen molar-refractivity contribution in [1.82, 2.24) is 5.32 Å².